The molecule has 2 rings (SSSR count). The molecule has 0 aromatic rings. The highest BCUT2D eigenvalue weighted by atomic mass is 16.1. The molecular formula is C14H22O2. The Hall–Kier alpha value is -0.660. The SMILES string of the molecule is CC(=O)[C@@H]1[C@]2(C(C)C)CC[C@@]1(C)[C@H](C=O)C2. The second-order valence-corrected chi connectivity index (χ2v) is 6.38. The van der Waals surface area contributed by atoms with Gasteiger partial charge in [-0.3, -0.25) is 4.79 Å². The van der Waals surface area contributed by atoms with E-state index in [1.165, 1.54) is 0 Å². The van der Waals surface area contributed by atoms with Crippen molar-refractivity contribution in [3.63, 3.8) is 0 Å². The molecule has 0 amide bonds. The van der Waals surface area contributed by atoms with E-state index < -0.39 is 0 Å². The fourth-order valence-corrected chi connectivity index (χ4v) is 4.64. The number of carbonyl (C=O) groups is 2. The van der Waals surface area contributed by atoms with Gasteiger partial charge in [0, 0.05) is 11.8 Å². The molecule has 0 unspecified atom stereocenters. The lowest BCUT2D eigenvalue weighted by molar-refractivity contribution is -0.127. The minimum atomic E-state index is -0.0577. The largest absolute Gasteiger partial charge is 0.303 e. The molecule has 0 N–H and O–H groups in total. The van der Waals surface area contributed by atoms with Crippen LogP contribution in [0.25, 0.3) is 0 Å². The Morgan fingerprint density at radius 3 is 2.38 bits per heavy atom. The van der Waals surface area contributed by atoms with Gasteiger partial charge in [-0.25, -0.2) is 0 Å². The quantitative estimate of drug-likeness (QED) is 0.688. The monoisotopic (exact) mass is 222 g/mol. The highest BCUT2D eigenvalue weighted by molar-refractivity contribution is 5.82. The standard InChI is InChI=1S/C14H22O2/c1-9(2)14-6-5-13(4,11(7-14)8-15)12(14)10(3)16/h8-9,11-12H,5-7H2,1-4H3/t11-,12-,13-,14+/m0/s1. The van der Waals surface area contributed by atoms with Crippen LogP contribution in [0.2, 0.25) is 0 Å². The molecule has 90 valence electrons. The molecule has 0 saturated heterocycles. The van der Waals surface area contributed by atoms with Crippen LogP contribution in [0.5, 0.6) is 0 Å². The molecule has 2 aliphatic carbocycles. The van der Waals surface area contributed by atoms with Gasteiger partial charge in [0.15, 0.2) is 0 Å². The topological polar surface area (TPSA) is 34.1 Å². The summed E-state index contributed by atoms with van der Waals surface area (Å²) in [6, 6.07) is 0. The molecule has 2 heteroatoms. The average molecular weight is 222 g/mol. The number of aldehydes is 1. The zero-order chi connectivity index (χ0) is 12.1. The zero-order valence-electron chi connectivity index (χ0n) is 10.7. The molecule has 2 nitrogen and oxygen atoms in total. The highest BCUT2D eigenvalue weighted by Gasteiger charge is 2.66. The lowest BCUT2D eigenvalue weighted by atomic mass is 9.68. The normalized spacial score (nSPS) is 46.3. The van der Waals surface area contributed by atoms with Crippen molar-refractivity contribution in [2.75, 3.05) is 0 Å². The summed E-state index contributed by atoms with van der Waals surface area (Å²) < 4.78 is 0. The van der Waals surface area contributed by atoms with Gasteiger partial charge in [0.05, 0.1) is 0 Å². The molecule has 2 aliphatic rings. The Balaban J connectivity index is 2.48. The number of Topliss-reactive ketones (excluding diaryl/α,β-unsaturated/α-hetero) is 1. The number of hydrogen-bond donors (Lipinski definition) is 0. The average Bonchev–Trinajstić information content (AvgIpc) is 2.63. The first-order valence-electron chi connectivity index (χ1n) is 6.34. The Morgan fingerprint density at radius 1 is 1.38 bits per heavy atom. The van der Waals surface area contributed by atoms with Crippen LogP contribution in [0.4, 0.5) is 0 Å². The van der Waals surface area contributed by atoms with Crippen molar-refractivity contribution in [1.29, 1.82) is 0 Å². The molecule has 4 atom stereocenters. The summed E-state index contributed by atoms with van der Waals surface area (Å²) in [5.74, 6) is 0.985. The summed E-state index contributed by atoms with van der Waals surface area (Å²) in [6.45, 7) is 8.26. The Labute approximate surface area is 97.8 Å². The van der Waals surface area contributed by atoms with E-state index in [4.69, 9.17) is 0 Å². The van der Waals surface area contributed by atoms with Crippen LogP contribution in [0, 0.1) is 28.6 Å². The lowest BCUT2D eigenvalue weighted by Gasteiger charge is -2.35. The van der Waals surface area contributed by atoms with E-state index in [0.29, 0.717) is 5.92 Å². The summed E-state index contributed by atoms with van der Waals surface area (Å²) in [4.78, 5) is 23.2. The van der Waals surface area contributed by atoms with Gasteiger partial charge in [0.2, 0.25) is 0 Å². The van der Waals surface area contributed by atoms with E-state index in [1.54, 1.807) is 6.92 Å². The fraction of sp³-hybridized carbons (Fsp3) is 0.857. The third-order valence-electron chi connectivity index (χ3n) is 5.53. The Bertz CT molecular complexity index is 334. The van der Waals surface area contributed by atoms with Gasteiger partial charge in [0.1, 0.15) is 12.1 Å². The number of hydrogen-bond acceptors (Lipinski definition) is 2. The maximum Gasteiger partial charge on any atom is 0.134 e. The fourth-order valence-electron chi connectivity index (χ4n) is 4.64. The first-order valence-corrected chi connectivity index (χ1v) is 6.34. The van der Waals surface area contributed by atoms with E-state index in [2.05, 4.69) is 20.8 Å². The van der Waals surface area contributed by atoms with Crippen LogP contribution in [0.1, 0.15) is 47.0 Å². The molecule has 0 radical (unpaired) electrons. The minimum Gasteiger partial charge on any atom is -0.303 e. The molecule has 0 spiro atoms. The van der Waals surface area contributed by atoms with Gasteiger partial charge in [-0.05, 0) is 42.9 Å². The van der Waals surface area contributed by atoms with Gasteiger partial charge in [0.25, 0.3) is 0 Å². The zero-order valence-corrected chi connectivity index (χ0v) is 10.7. The van der Waals surface area contributed by atoms with Crippen LogP contribution in [-0.2, 0) is 9.59 Å². The highest BCUT2D eigenvalue weighted by Crippen LogP contribution is 2.70. The summed E-state index contributed by atoms with van der Waals surface area (Å²) in [6.07, 6.45) is 4.18. The van der Waals surface area contributed by atoms with Crippen LogP contribution in [0.15, 0.2) is 0 Å². The van der Waals surface area contributed by atoms with Crippen molar-refractivity contribution in [3.8, 4) is 0 Å². The van der Waals surface area contributed by atoms with Crippen LogP contribution in [0.3, 0.4) is 0 Å². The Morgan fingerprint density at radius 2 is 2.00 bits per heavy atom. The number of rotatable bonds is 3. The third kappa shape index (κ3) is 1.19. The van der Waals surface area contributed by atoms with Gasteiger partial charge < -0.3 is 4.79 Å². The van der Waals surface area contributed by atoms with Crippen molar-refractivity contribution >= 4 is 12.1 Å². The molecule has 2 fully saturated rings. The van der Waals surface area contributed by atoms with E-state index >= 15 is 0 Å². The summed E-state index contributed by atoms with van der Waals surface area (Å²) in [5.41, 5.74) is 0.0456. The molecule has 0 aliphatic heterocycles. The van der Waals surface area contributed by atoms with Gasteiger partial charge in [-0.1, -0.05) is 20.8 Å². The van der Waals surface area contributed by atoms with E-state index in [-0.39, 0.29) is 28.4 Å². The van der Waals surface area contributed by atoms with Crippen molar-refractivity contribution in [2.24, 2.45) is 28.6 Å². The smallest absolute Gasteiger partial charge is 0.134 e. The summed E-state index contributed by atoms with van der Waals surface area (Å²) >= 11 is 0. The predicted molar refractivity (Wildman–Crippen MR) is 63.0 cm³/mol. The number of carbonyl (C=O) groups excluding carboxylic acids is 2. The molecule has 0 aromatic carbocycles. The first-order chi connectivity index (χ1) is 7.38. The van der Waals surface area contributed by atoms with Gasteiger partial charge >= 0.3 is 0 Å². The number of fused-ring (bicyclic) bond motifs is 2. The lowest BCUT2D eigenvalue weighted by Crippen LogP contribution is -2.35. The van der Waals surface area contributed by atoms with Gasteiger partial charge in [-0.2, -0.15) is 0 Å². The van der Waals surface area contributed by atoms with Gasteiger partial charge in [-0.15, -0.1) is 0 Å². The van der Waals surface area contributed by atoms with Crippen molar-refractivity contribution in [3.05, 3.63) is 0 Å². The van der Waals surface area contributed by atoms with E-state index in [0.717, 1.165) is 25.5 Å². The second-order valence-electron chi connectivity index (χ2n) is 6.38. The van der Waals surface area contributed by atoms with E-state index in [1.807, 2.05) is 0 Å². The minimum absolute atomic E-state index is 0.0577. The number of ketones is 1. The van der Waals surface area contributed by atoms with Crippen LogP contribution >= 0.6 is 0 Å². The molecule has 0 aromatic heterocycles. The first kappa shape index (κ1) is 11.8. The maximum atomic E-state index is 12.0. The van der Waals surface area contributed by atoms with Crippen molar-refractivity contribution in [2.45, 2.75) is 47.0 Å². The summed E-state index contributed by atoms with van der Waals surface area (Å²) in [5, 5.41) is 0. The second kappa shape index (κ2) is 3.41. The molecule has 2 saturated carbocycles. The predicted octanol–water partition coefficient (Wildman–Crippen LogP) is 2.85. The third-order valence-corrected chi connectivity index (χ3v) is 5.53. The van der Waals surface area contributed by atoms with E-state index in [9.17, 15) is 9.59 Å². The molecule has 2 bridgehead atoms. The van der Waals surface area contributed by atoms with Crippen molar-refractivity contribution in [1.82, 2.24) is 0 Å². The summed E-state index contributed by atoms with van der Waals surface area (Å²) in [7, 11) is 0. The maximum absolute atomic E-state index is 12.0. The molecule has 16 heavy (non-hydrogen) atoms. The molecule has 0 heterocycles. The van der Waals surface area contributed by atoms with Crippen molar-refractivity contribution < 1.29 is 9.59 Å². The van der Waals surface area contributed by atoms with Crippen LogP contribution in [-0.4, -0.2) is 12.1 Å². The molecular weight excluding hydrogens is 200 g/mol. The Kier molecular flexibility index (Phi) is 2.52. The van der Waals surface area contributed by atoms with Crippen LogP contribution < -0.4 is 0 Å².